The molecule has 0 heterocycles. The number of ether oxygens (including phenoxy) is 3. The van der Waals surface area contributed by atoms with E-state index in [0.29, 0.717) is 34.3 Å². The summed E-state index contributed by atoms with van der Waals surface area (Å²) in [6.45, 7) is 1.85. The summed E-state index contributed by atoms with van der Waals surface area (Å²) in [5, 5.41) is 9.42. The van der Waals surface area contributed by atoms with Crippen LogP contribution in [0.15, 0.2) is 65.8 Å². The zero-order chi connectivity index (χ0) is 27.5. The van der Waals surface area contributed by atoms with Crippen LogP contribution in [-0.2, 0) is 14.4 Å². The van der Waals surface area contributed by atoms with Gasteiger partial charge >= 0.3 is 11.8 Å². The van der Waals surface area contributed by atoms with Crippen LogP contribution in [0.3, 0.4) is 0 Å². The van der Waals surface area contributed by atoms with Crippen molar-refractivity contribution >= 4 is 58.5 Å². The van der Waals surface area contributed by atoms with Crippen LogP contribution in [0, 0.1) is 0 Å². The Labute approximate surface area is 228 Å². The molecule has 0 saturated carbocycles. The molecule has 38 heavy (non-hydrogen) atoms. The Morgan fingerprint density at radius 1 is 0.868 bits per heavy atom. The van der Waals surface area contributed by atoms with Gasteiger partial charge in [-0.2, -0.15) is 5.10 Å². The maximum absolute atomic E-state index is 12.3. The van der Waals surface area contributed by atoms with Gasteiger partial charge in [-0.3, -0.25) is 14.4 Å². The minimum atomic E-state index is -0.991. The quantitative estimate of drug-likeness (QED) is 0.191. The van der Waals surface area contributed by atoms with Gasteiger partial charge in [0.15, 0.2) is 18.1 Å². The number of carbonyl (C=O) groups excluding carboxylic acids is 3. The second-order valence-electron chi connectivity index (χ2n) is 7.43. The first-order valence-electron chi connectivity index (χ1n) is 11.2. The van der Waals surface area contributed by atoms with E-state index in [4.69, 9.17) is 37.4 Å². The van der Waals surface area contributed by atoms with Gasteiger partial charge < -0.3 is 24.8 Å². The van der Waals surface area contributed by atoms with Crippen molar-refractivity contribution in [3.63, 3.8) is 0 Å². The predicted molar refractivity (Wildman–Crippen MR) is 146 cm³/mol. The van der Waals surface area contributed by atoms with Crippen molar-refractivity contribution in [1.29, 1.82) is 0 Å². The molecule has 0 aliphatic rings. The Morgan fingerprint density at radius 2 is 1.58 bits per heavy atom. The van der Waals surface area contributed by atoms with Crippen LogP contribution in [-0.4, -0.2) is 44.3 Å². The highest BCUT2D eigenvalue weighted by Gasteiger charge is 2.16. The lowest BCUT2D eigenvalue weighted by atomic mass is 10.2. The minimum Gasteiger partial charge on any atom is -0.493 e. The van der Waals surface area contributed by atoms with Crippen LogP contribution >= 0.6 is 23.2 Å². The number of carbonyl (C=O) groups is 3. The van der Waals surface area contributed by atoms with Crippen molar-refractivity contribution < 1.29 is 28.6 Å². The Bertz CT molecular complexity index is 1350. The van der Waals surface area contributed by atoms with Crippen LogP contribution in [0.25, 0.3) is 0 Å². The third-order valence-electron chi connectivity index (χ3n) is 4.77. The van der Waals surface area contributed by atoms with E-state index in [9.17, 15) is 14.4 Å². The Balaban J connectivity index is 1.59. The third-order valence-corrected chi connectivity index (χ3v) is 5.38. The SMILES string of the molecule is CCOc1ccccc1NC(=O)C(=O)N/N=C\c1cc(Cl)c(OCC(=O)Nc2ccccc2Cl)c(OC)c1. The van der Waals surface area contributed by atoms with Crippen molar-refractivity contribution in [1.82, 2.24) is 5.43 Å². The van der Waals surface area contributed by atoms with Crippen molar-refractivity contribution in [2.24, 2.45) is 5.10 Å². The number of methoxy groups -OCH3 is 1. The highest BCUT2D eigenvalue weighted by Crippen LogP contribution is 2.36. The van der Waals surface area contributed by atoms with E-state index in [1.54, 1.807) is 55.5 Å². The lowest BCUT2D eigenvalue weighted by Gasteiger charge is -2.13. The second kappa shape index (κ2) is 13.9. The second-order valence-corrected chi connectivity index (χ2v) is 8.25. The Morgan fingerprint density at radius 3 is 2.29 bits per heavy atom. The number of benzene rings is 3. The molecule has 0 bridgehead atoms. The number of para-hydroxylation sites is 3. The molecular formula is C26H24Cl2N4O6. The molecule has 12 heteroatoms. The number of hydrogen-bond donors (Lipinski definition) is 3. The number of anilines is 2. The molecule has 0 radical (unpaired) electrons. The number of nitrogens with zero attached hydrogens (tertiary/aromatic N) is 1. The molecule has 3 rings (SSSR count). The van der Waals surface area contributed by atoms with Gasteiger partial charge in [0.25, 0.3) is 5.91 Å². The van der Waals surface area contributed by atoms with Crippen molar-refractivity contribution in [2.75, 3.05) is 31.0 Å². The molecule has 198 valence electrons. The van der Waals surface area contributed by atoms with Crippen molar-refractivity contribution in [3.05, 3.63) is 76.3 Å². The fraction of sp³-hybridized carbons (Fsp3) is 0.154. The summed E-state index contributed by atoms with van der Waals surface area (Å²) in [5.41, 5.74) is 3.37. The lowest BCUT2D eigenvalue weighted by Crippen LogP contribution is -2.32. The Kier molecular flexibility index (Phi) is 10.3. The molecule has 0 unspecified atom stereocenters. The first kappa shape index (κ1) is 28.3. The van der Waals surface area contributed by atoms with Gasteiger partial charge in [-0.1, -0.05) is 47.5 Å². The average Bonchev–Trinajstić information content (AvgIpc) is 2.90. The lowest BCUT2D eigenvalue weighted by molar-refractivity contribution is -0.136. The molecule has 3 aromatic rings. The summed E-state index contributed by atoms with van der Waals surface area (Å²) < 4.78 is 16.3. The Hall–Kier alpha value is -4.28. The van der Waals surface area contributed by atoms with E-state index in [2.05, 4.69) is 21.2 Å². The number of hydrogen-bond acceptors (Lipinski definition) is 7. The number of rotatable bonds is 10. The molecule has 0 fully saturated rings. The van der Waals surface area contributed by atoms with Gasteiger partial charge in [-0.05, 0) is 48.9 Å². The first-order valence-corrected chi connectivity index (χ1v) is 12.0. The smallest absolute Gasteiger partial charge is 0.329 e. The van der Waals surface area contributed by atoms with Crippen molar-refractivity contribution in [2.45, 2.75) is 6.92 Å². The minimum absolute atomic E-state index is 0.132. The fourth-order valence-corrected chi connectivity index (χ4v) is 3.54. The first-order chi connectivity index (χ1) is 18.3. The van der Waals surface area contributed by atoms with E-state index in [0.717, 1.165) is 0 Å². The highest BCUT2D eigenvalue weighted by molar-refractivity contribution is 6.39. The fourth-order valence-electron chi connectivity index (χ4n) is 3.09. The topological polar surface area (TPSA) is 127 Å². The monoisotopic (exact) mass is 558 g/mol. The summed E-state index contributed by atoms with van der Waals surface area (Å²) in [6, 6.07) is 16.5. The average molecular weight is 559 g/mol. The summed E-state index contributed by atoms with van der Waals surface area (Å²) in [5.74, 6) is -1.58. The van der Waals surface area contributed by atoms with E-state index >= 15 is 0 Å². The summed E-state index contributed by atoms with van der Waals surface area (Å²) >= 11 is 12.4. The largest absolute Gasteiger partial charge is 0.493 e. The molecule has 3 amide bonds. The van der Waals surface area contributed by atoms with Gasteiger partial charge in [0, 0.05) is 0 Å². The molecule has 0 spiro atoms. The van der Waals surface area contributed by atoms with Gasteiger partial charge in [0.2, 0.25) is 0 Å². The summed E-state index contributed by atoms with van der Waals surface area (Å²) in [4.78, 5) is 36.6. The summed E-state index contributed by atoms with van der Waals surface area (Å²) in [6.07, 6.45) is 1.27. The highest BCUT2D eigenvalue weighted by atomic mass is 35.5. The number of nitrogens with one attached hydrogen (secondary N) is 3. The van der Waals surface area contributed by atoms with Crippen LogP contribution in [0.2, 0.25) is 10.0 Å². The molecule has 0 aliphatic carbocycles. The third kappa shape index (κ3) is 7.86. The maximum Gasteiger partial charge on any atom is 0.329 e. The van der Waals surface area contributed by atoms with E-state index in [-0.39, 0.29) is 23.1 Å². The molecule has 0 aromatic heterocycles. The predicted octanol–water partition coefficient (Wildman–Crippen LogP) is 4.51. The molecule has 0 aliphatic heterocycles. The van der Waals surface area contributed by atoms with E-state index in [1.807, 2.05) is 0 Å². The van der Waals surface area contributed by atoms with Gasteiger partial charge in [-0.25, -0.2) is 5.43 Å². The number of hydrazone groups is 1. The van der Waals surface area contributed by atoms with Crippen molar-refractivity contribution in [3.8, 4) is 17.2 Å². The molecule has 0 atom stereocenters. The van der Waals surface area contributed by atoms with E-state index in [1.165, 1.54) is 25.5 Å². The molecule has 10 nitrogen and oxygen atoms in total. The standard InChI is InChI=1S/C26H24Cl2N4O6/c1-3-37-21-11-7-6-10-20(21)31-25(34)26(35)32-29-14-16-12-18(28)24(22(13-16)36-2)38-15-23(33)30-19-9-5-4-8-17(19)27/h4-14H,3,15H2,1-2H3,(H,30,33)(H,31,34)(H,32,35)/b29-14-. The molecule has 0 saturated heterocycles. The van der Waals surface area contributed by atoms with Crippen LogP contribution < -0.4 is 30.3 Å². The molecule has 3 N–H and O–H groups in total. The van der Waals surface area contributed by atoms with Crippen LogP contribution in [0.1, 0.15) is 12.5 Å². The number of amides is 3. The zero-order valence-corrected chi connectivity index (χ0v) is 21.9. The normalized spacial score (nSPS) is 10.5. The van der Waals surface area contributed by atoms with E-state index < -0.39 is 17.7 Å². The van der Waals surface area contributed by atoms with Gasteiger partial charge in [0.1, 0.15) is 5.75 Å². The number of halogens is 2. The zero-order valence-electron chi connectivity index (χ0n) is 20.4. The van der Waals surface area contributed by atoms with Crippen LogP contribution in [0.4, 0.5) is 11.4 Å². The van der Waals surface area contributed by atoms with Gasteiger partial charge in [0.05, 0.1) is 41.4 Å². The van der Waals surface area contributed by atoms with Crippen LogP contribution in [0.5, 0.6) is 17.2 Å². The molecular weight excluding hydrogens is 535 g/mol. The molecule has 3 aromatic carbocycles. The maximum atomic E-state index is 12.3. The summed E-state index contributed by atoms with van der Waals surface area (Å²) in [7, 11) is 1.40. The van der Waals surface area contributed by atoms with Gasteiger partial charge in [-0.15, -0.1) is 0 Å².